The van der Waals surface area contributed by atoms with Crippen LogP contribution in [0.4, 0.5) is 0 Å². The highest BCUT2D eigenvalue weighted by Crippen LogP contribution is 2.27. The third-order valence-electron chi connectivity index (χ3n) is 3.78. The van der Waals surface area contributed by atoms with E-state index in [-0.39, 0.29) is 17.6 Å². The fraction of sp³-hybridized carbons (Fsp3) is 0.429. The number of fused-ring (bicyclic) bond motifs is 1. The van der Waals surface area contributed by atoms with Gasteiger partial charge in [0.15, 0.2) is 0 Å². The molecule has 4 nitrogen and oxygen atoms in total. The van der Waals surface area contributed by atoms with Crippen LogP contribution in [0.15, 0.2) is 29.3 Å². The second-order valence-corrected chi connectivity index (χ2v) is 5.20. The molecule has 0 amide bonds. The van der Waals surface area contributed by atoms with Gasteiger partial charge in [0.2, 0.25) is 0 Å². The van der Waals surface area contributed by atoms with Gasteiger partial charge in [0.25, 0.3) is 5.56 Å². The Morgan fingerprint density at radius 2 is 2.22 bits per heavy atom. The van der Waals surface area contributed by atoms with Crippen LogP contribution in [0.3, 0.4) is 0 Å². The summed E-state index contributed by atoms with van der Waals surface area (Å²) in [4.78, 5) is 16.8. The van der Waals surface area contributed by atoms with E-state index in [0.29, 0.717) is 5.39 Å². The summed E-state index contributed by atoms with van der Waals surface area (Å²) in [6, 6.07) is 6.22. The van der Waals surface area contributed by atoms with Crippen molar-refractivity contribution in [2.24, 2.45) is 5.73 Å². The quantitative estimate of drug-likeness (QED) is 0.830. The highest BCUT2D eigenvalue weighted by Gasteiger charge is 2.24. The summed E-state index contributed by atoms with van der Waals surface area (Å²) in [5.41, 5.74) is 7.82. The molecule has 1 aliphatic carbocycles. The standard InChI is InChI=1S/C14H17N3O/c1-9-2-5-13-12(6-9)14(18)17(8-16-13)11-4-3-10(15)7-11/h2,5-6,8,10-11H,3-4,7,15H2,1H3/t10-,11-/m1/s1. The SMILES string of the molecule is Cc1ccc2ncn([C@@H]3CC[C@@H](N)C3)c(=O)c2c1. The Balaban J connectivity index is 2.14. The molecular formula is C14H17N3O. The molecule has 1 heterocycles. The van der Waals surface area contributed by atoms with Crippen LogP contribution in [-0.4, -0.2) is 15.6 Å². The van der Waals surface area contributed by atoms with E-state index in [1.807, 2.05) is 25.1 Å². The van der Waals surface area contributed by atoms with Crippen LogP contribution in [0.5, 0.6) is 0 Å². The van der Waals surface area contributed by atoms with Crippen LogP contribution in [0.1, 0.15) is 30.9 Å². The number of nitrogens with two attached hydrogens (primary N) is 1. The van der Waals surface area contributed by atoms with E-state index in [1.165, 1.54) is 0 Å². The molecular weight excluding hydrogens is 226 g/mol. The largest absolute Gasteiger partial charge is 0.328 e. The Morgan fingerprint density at radius 1 is 1.39 bits per heavy atom. The second kappa shape index (κ2) is 4.21. The molecule has 1 aromatic carbocycles. The van der Waals surface area contributed by atoms with E-state index >= 15 is 0 Å². The summed E-state index contributed by atoms with van der Waals surface area (Å²) in [5.74, 6) is 0. The van der Waals surface area contributed by atoms with E-state index in [9.17, 15) is 4.79 Å². The van der Waals surface area contributed by atoms with Gasteiger partial charge in [0.1, 0.15) is 0 Å². The van der Waals surface area contributed by atoms with Crippen molar-refractivity contribution < 1.29 is 0 Å². The van der Waals surface area contributed by atoms with Crippen LogP contribution in [0, 0.1) is 6.92 Å². The third-order valence-corrected chi connectivity index (χ3v) is 3.78. The monoisotopic (exact) mass is 243 g/mol. The lowest BCUT2D eigenvalue weighted by atomic mass is 10.1. The van der Waals surface area contributed by atoms with Gasteiger partial charge in [-0.2, -0.15) is 0 Å². The van der Waals surface area contributed by atoms with Crippen molar-refractivity contribution in [3.8, 4) is 0 Å². The molecule has 2 atom stereocenters. The van der Waals surface area contributed by atoms with Gasteiger partial charge >= 0.3 is 0 Å². The van der Waals surface area contributed by atoms with E-state index in [2.05, 4.69) is 4.98 Å². The topological polar surface area (TPSA) is 60.9 Å². The first kappa shape index (κ1) is 11.4. The van der Waals surface area contributed by atoms with Gasteiger partial charge in [-0.1, -0.05) is 11.6 Å². The molecule has 1 aromatic heterocycles. The first-order valence-electron chi connectivity index (χ1n) is 6.38. The third kappa shape index (κ3) is 1.82. The van der Waals surface area contributed by atoms with Crippen molar-refractivity contribution in [3.63, 3.8) is 0 Å². The molecule has 3 rings (SSSR count). The Morgan fingerprint density at radius 3 is 2.94 bits per heavy atom. The number of benzene rings is 1. The van der Waals surface area contributed by atoms with Crippen molar-refractivity contribution in [2.45, 2.75) is 38.3 Å². The lowest BCUT2D eigenvalue weighted by Gasteiger charge is -2.13. The molecule has 1 saturated carbocycles. The Kier molecular flexibility index (Phi) is 2.67. The smallest absolute Gasteiger partial charge is 0.261 e. The van der Waals surface area contributed by atoms with Gasteiger partial charge in [-0.05, 0) is 38.3 Å². The number of nitrogens with zero attached hydrogens (tertiary/aromatic N) is 2. The maximum absolute atomic E-state index is 12.5. The molecule has 0 radical (unpaired) electrons. The van der Waals surface area contributed by atoms with Crippen molar-refractivity contribution in [1.29, 1.82) is 0 Å². The molecule has 2 N–H and O–H groups in total. The number of aryl methyl sites for hydroxylation is 1. The van der Waals surface area contributed by atoms with Crippen LogP contribution in [0.25, 0.3) is 10.9 Å². The van der Waals surface area contributed by atoms with Gasteiger partial charge < -0.3 is 5.73 Å². The summed E-state index contributed by atoms with van der Waals surface area (Å²) < 4.78 is 1.76. The van der Waals surface area contributed by atoms with Gasteiger partial charge in [0.05, 0.1) is 17.2 Å². The molecule has 0 spiro atoms. The van der Waals surface area contributed by atoms with Gasteiger partial charge in [-0.3, -0.25) is 9.36 Å². The van der Waals surface area contributed by atoms with Crippen molar-refractivity contribution in [2.75, 3.05) is 0 Å². The average Bonchev–Trinajstić information content (AvgIpc) is 2.77. The average molecular weight is 243 g/mol. The maximum Gasteiger partial charge on any atom is 0.261 e. The molecule has 0 aliphatic heterocycles. The summed E-state index contributed by atoms with van der Waals surface area (Å²) >= 11 is 0. The van der Waals surface area contributed by atoms with Crippen LogP contribution in [-0.2, 0) is 0 Å². The van der Waals surface area contributed by atoms with Gasteiger partial charge in [-0.25, -0.2) is 4.98 Å². The lowest BCUT2D eigenvalue weighted by molar-refractivity contribution is 0.491. The van der Waals surface area contributed by atoms with Crippen molar-refractivity contribution in [1.82, 2.24) is 9.55 Å². The predicted octanol–water partition coefficient (Wildman–Crippen LogP) is 1.76. The number of aromatic nitrogens is 2. The minimum atomic E-state index is 0.0581. The van der Waals surface area contributed by atoms with Crippen LogP contribution < -0.4 is 11.3 Å². The summed E-state index contributed by atoms with van der Waals surface area (Å²) in [5, 5.41) is 0.706. The highest BCUT2D eigenvalue weighted by atomic mass is 16.1. The van der Waals surface area contributed by atoms with E-state index in [4.69, 9.17) is 5.73 Å². The lowest BCUT2D eigenvalue weighted by Crippen LogP contribution is -2.25. The summed E-state index contributed by atoms with van der Waals surface area (Å²) in [6.07, 6.45) is 4.50. The predicted molar refractivity (Wildman–Crippen MR) is 71.6 cm³/mol. The molecule has 1 aliphatic rings. The van der Waals surface area contributed by atoms with Crippen molar-refractivity contribution in [3.05, 3.63) is 40.4 Å². The van der Waals surface area contributed by atoms with Gasteiger partial charge in [0, 0.05) is 12.1 Å². The fourth-order valence-corrected chi connectivity index (χ4v) is 2.75. The first-order chi connectivity index (χ1) is 8.65. The molecule has 0 bridgehead atoms. The zero-order valence-corrected chi connectivity index (χ0v) is 10.5. The molecule has 2 aromatic rings. The molecule has 0 unspecified atom stereocenters. The van der Waals surface area contributed by atoms with Crippen molar-refractivity contribution >= 4 is 10.9 Å². The van der Waals surface area contributed by atoms with Crippen LogP contribution >= 0.6 is 0 Å². The second-order valence-electron chi connectivity index (χ2n) is 5.20. The van der Waals surface area contributed by atoms with E-state index < -0.39 is 0 Å². The molecule has 94 valence electrons. The molecule has 0 saturated heterocycles. The number of hydrogen-bond acceptors (Lipinski definition) is 3. The Hall–Kier alpha value is -1.68. The summed E-state index contributed by atoms with van der Waals surface area (Å²) in [7, 11) is 0. The number of hydrogen-bond donors (Lipinski definition) is 1. The molecule has 1 fully saturated rings. The molecule has 18 heavy (non-hydrogen) atoms. The Labute approximate surface area is 105 Å². The molecule has 4 heteroatoms. The van der Waals surface area contributed by atoms with Gasteiger partial charge in [-0.15, -0.1) is 0 Å². The fourth-order valence-electron chi connectivity index (χ4n) is 2.75. The summed E-state index contributed by atoms with van der Waals surface area (Å²) in [6.45, 7) is 1.99. The first-order valence-corrected chi connectivity index (χ1v) is 6.38. The van der Waals surface area contributed by atoms with E-state index in [1.54, 1.807) is 10.9 Å². The van der Waals surface area contributed by atoms with Crippen LogP contribution in [0.2, 0.25) is 0 Å². The Bertz CT molecular complexity index is 647. The number of rotatable bonds is 1. The minimum absolute atomic E-state index is 0.0581. The van der Waals surface area contributed by atoms with E-state index in [0.717, 1.165) is 30.3 Å². The minimum Gasteiger partial charge on any atom is -0.328 e. The highest BCUT2D eigenvalue weighted by molar-refractivity contribution is 5.77. The zero-order chi connectivity index (χ0) is 12.7. The normalized spacial score (nSPS) is 23.7. The maximum atomic E-state index is 12.5. The zero-order valence-electron chi connectivity index (χ0n) is 10.5.